The van der Waals surface area contributed by atoms with E-state index in [1.807, 2.05) is 0 Å². The highest BCUT2D eigenvalue weighted by molar-refractivity contribution is 7.80. The van der Waals surface area contributed by atoms with Gasteiger partial charge < -0.3 is 10.2 Å². The number of likely N-dealkylation sites (N-methyl/N-ethyl adjacent to an activating group) is 1. The molecule has 1 fully saturated rings. The molecule has 0 bridgehead atoms. The summed E-state index contributed by atoms with van der Waals surface area (Å²) >= 11 is 5.76. The monoisotopic (exact) mass is 395 g/mol. The van der Waals surface area contributed by atoms with Gasteiger partial charge in [0, 0.05) is 37.9 Å². The summed E-state index contributed by atoms with van der Waals surface area (Å²) in [6, 6.07) is 19.9. The van der Waals surface area contributed by atoms with E-state index in [0.717, 1.165) is 43.4 Å². The molecule has 0 saturated carbocycles. The smallest absolute Gasteiger partial charge is 0.173 e. The van der Waals surface area contributed by atoms with Gasteiger partial charge in [0.1, 0.15) is 0 Å². The number of anilines is 1. The van der Waals surface area contributed by atoms with Crippen LogP contribution in [-0.4, -0.2) is 40.6 Å². The zero-order valence-corrected chi connectivity index (χ0v) is 18.4. The van der Waals surface area contributed by atoms with Crippen LogP contribution in [0.4, 0.5) is 5.69 Å². The first-order valence-corrected chi connectivity index (χ1v) is 10.7. The molecule has 1 saturated heterocycles. The summed E-state index contributed by atoms with van der Waals surface area (Å²) in [5, 5.41) is 4.28. The molecule has 1 atom stereocenters. The van der Waals surface area contributed by atoms with Crippen molar-refractivity contribution in [3.05, 3.63) is 65.7 Å². The largest absolute Gasteiger partial charge is 0.345 e. The van der Waals surface area contributed by atoms with Crippen molar-refractivity contribution < 1.29 is 0 Å². The topological polar surface area (TPSA) is 18.5 Å². The van der Waals surface area contributed by atoms with Crippen molar-refractivity contribution in [2.24, 2.45) is 0 Å². The quantitative estimate of drug-likeness (QED) is 0.694. The van der Waals surface area contributed by atoms with Crippen LogP contribution in [0.3, 0.4) is 0 Å². The van der Waals surface area contributed by atoms with Gasteiger partial charge in [-0.3, -0.25) is 4.90 Å². The first-order chi connectivity index (χ1) is 13.4. The highest BCUT2D eigenvalue weighted by Crippen LogP contribution is 2.24. The Kier molecular flexibility index (Phi) is 6.73. The van der Waals surface area contributed by atoms with Gasteiger partial charge in [-0.05, 0) is 54.2 Å². The minimum Gasteiger partial charge on any atom is -0.345 e. The molecule has 150 valence electrons. The maximum atomic E-state index is 5.76. The Morgan fingerprint density at radius 1 is 1.11 bits per heavy atom. The third-order valence-corrected chi connectivity index (χ3v) is 5.88. The fourth-order valence-electron chi connectivity index (χ4n) is 3.87. The van der Waals surface area contributed by atoms with Gasteiger partial charge in [0.05, 0.1) is 0 Å². The van der Waals surface area contributed by atoms with Crippen molar-refractivity contribution in [2.75, 3.05) is 25.0 Å². The second kappa shape index (κ2) is 9.06. The first-order valence-electron chi connectivity index (χ1n) is 10.3. The van der Waals surface area contributed by atoms with Crippen LogP contribution >= 0.6 is 12.2 Å². The Morgan fingerprint density at radius 3 is 2.39 bits per heavy atom. The number of hydrogen-bond donors (Lipinski definition) is 1. The average molecular weight is 396 g/mol. The summed E-state index contributed by atoms with van der Waals surface area (Å²) in [6.45, 7) is 13.0. The van der Waals surface area contributed by atoms with Gasteiger partial charge in [-0.2, -0.15) is 0 Å². The third kappa shape index (κ3) is 5.33. The molecule has 1 N–H and O–H groups in total. The summed E-state index contributed by atoms with van der Waals surface area (Å²) in [7, 11) is 0. The lowest BCUT2D eigenvalue weighted by atomic mass is 9.87. The van der Waals surface area contributed by atoms with Crippen LogP contribution in [0.1, 0.15) is 45.2 Å². The fraction of sp³-hybridized carbons (Fsp3) is 0.458. The van der Waals surface area contributed by atoms with Crippen molar-refractivity contribution in [1.29, 1.82) is 0 Å². The van der Waals surface area contributed by atoms with Gasteiger partial charge in [0.25, 0.3) is 0 Å². The molecule has 4 heteroatoms. The summed E-state index contributed by atoms with van der Waals surface area (Å²) in [5.74, 6) is 0. The second-order valence-corrected chi connectivity index (χ2v) is 9.09. The molecule has 0 aliphatic carbocycles. The molecule has 0 aromatic heterocycles. The van der Waals surface area contributed by atoms with Crippen molar-refractivity contribution >= 4 is 23.0 Å². The number of nitrogens with one attached hydrogen (secondary N) is 1. The molecule has 2 aromatic rings. The molecule has 1 aliphatic heterocycles. The highest BCUT2D eigenvalue weighted by atomic mass is 32.1. The van der Waals surface area contributed by atoms with Crippen molar-refractivity contribution in [1.82, 2.24) is 9.80 Å². The number of nitrogens with zero attached hydrogens (tertiary/aromatic N) is 2. The number of thiocarbonyl (C=S) groups is 1. The van der Waals surface area contributed by atoms with Gasteiger partial charge in [0.2, 0.25) is 0 Å². The summed E-state index contributed by atoms with van der Waals surface area (Å²) in [4.78, 5) is 4.88. The number of hydrogen-bond acceptors (Lipinski definition) is 2. The predicted molar refractivity (Wildman–Crippen MR) is 124 cm³/mol. The lowest BCUT2D eigenvalue weighted by Gasteiger charge is -2.31. The Balaban J connectivity index is 1.58. The lowest BCUT2D eigenvalue weighted by Crippen LogP contribution is -2.44. The SMILES string of the molecule is CCN(C(=S)Nc1ccc(C(C)(C)C)cc1)C1CCN(Cc2ccccc2)C1. The molecule has 3 nitrogen and oxygen atoms in total. The minimum atomic E-state index is 0.167. The van der Waals surface area contributed by atoms with E-state index in [-0.39, 0.29) is 5.41 Å². The number of likely N-dealkylation sites (tertiary alicyclic amines) is 1. The van der Waals surface area contributed by atoms with Crippen molar-refractivity contribution in [3.63, 3.8) is 0 Å². The maximum absolute atomic E-state index is 5.76. The normalized spacial score (nSPS) is 17.5. The summed E-state index contributed by atoms with van der Waals surface area (Å²) < 4.78 is 0. The first kappa shape index (κ1) is 20.8. The van der Waals surface area contributed by atoms with E-state index in [4.69, 9.17) is 12.2 Å². The highest BCUT2D eigenvalue weighted by Gasteiger charge is 2.28. The van der Waals surface area contributed by atoms with E-state index in [1.165, 1.54) is 11.1 Å². The Labute approximate surface area is 175 Å². The third-order valence-electron chi connectivity index (χ3n) is 5.54. The van der Waals surface area contributed by atoms with E-state index in [9.17, 15) is 0 Å². The zero-order valence-electron chi connectivity index (χ0n) is 17.6. The fourth-order valence-corrected chi connectivity index (χ4v) is 4.26. The van der Waals surface area contributed by atoms with Crippen LogP contribution < -0.4 is 5.32 Å². The van der Waals surface area contributed by atoms with E-state index < -0.39 is 0 Å². The van der Waals surface area contributed by atoms with E-state index >= 15 is 0 Å². The van der Waals surface area contributed by atoms with E-state index in [0.29, 0.717) is 6.04 Å². The zero-order chi connectivity index (χ0) is 20.1. The number of benzene rings is 2. The van der Waals surface area contributed by atoms with Gasteiger partial charge in [-0.15, -0.1) is 0 Å². The summed E-state index contributed by atoms with van der Waals surface area (Å²) in [5.41, 5.74) is 3.95. The molecule has 0 radical (unpaired) electrons. The van der Waals surface area contributed by atoms with E-state index in [2.05, 4.69) is 97.4 Å². The molecule has 1 aliphatic rings. The van der Waals surface area contributed by atoms with Crippen LogP contribution in [-0.2, 0) is 12.0 Å². The van der Waals surface area contributed by atoms with Crippen molar-refractivity contribution in [3.8, 4) is 0 Å². The van der Waals surface area contributed by atoms with Gasteiger partial charge >= 0.3 is 0 Å². The standard InChI is InChI=1S/C24H33N3S/c1-5-27(22-15-16-26(18-22)17-19-9-7-6-8-10-19)23(28)25-21-13-11-20(12-14-21)24(2,3)4/h6-14,22H,5,15-18H2,1-4H3,(H,25,28). The Morgan fingerprint density at radius 2 is 1.79 bits per heavy atom. The molecular formula is C24H33N3S. The molecule has 0 amide bonds. The lowest BCUT2D eigenvalue weighted by molar-refractivity contribution is 0.282. The van der Waals surface area contributed by atoms with E-state index in [1.54, 1.807) is 0 Å². The summed E-state index contributed by atoms with van der Waals surface area (Å²) in [6.07, 6.45) is 1.16. The molecule has 0 spiro atoms. The minimum absolute atomic E-state index is 0.167. The molecule has 28 heavy (non-hydrogen) atoms. The maximum Gasteiger partial charge on any atom is 0.173 e. The van der Waals surface area contributed by atoms with Crippen LogP contribution in [0.25, 0.3) is 0 Å². The molecule has 1 unspecified atom stereocenters. The average Bonchev–Trinajstić information content (AvgIpc) is 3.11. The second-order valence-electron chi connectivity index (χ2n) is 8.71. The van der Waals surface area contributed by atoms with Crippen LogP contribution in [0.5, 0.6) is 0 Å². The molecular weight excluding hydrogens is 362 g/mol. The molecule has 1 heterocycles. The van der Waals surface area contributed by atoms with Crippen molar-refractivity contribution in [2.45, 2.75) is 52.1 Å². The van der Waals surface area contributed by atoms with Gasteiger partial charge in [-0.25, -0.2) is 0 Å². The van der Waals surface area contributed by atoms with Crippen LogP contribution in [0, 0.1) is 0 Å². The predicted octanol–water partition coefficient (Wildman–Crippen LogP) is 5.28. The number of rotatable bonds is 5. The van der Waals surface area contributed by atoms with Gasteiger partial charge in [0.15, 0.2) is 5.11 Å². The molecule has 3 rings (SSSR count). The van der Waals surface area contributed by atoms with Crippen LogP contribution in [0.15, 0.2) is 54.6 Å². The molecule has 2 aromatic carbocycles. The Hall–Kier alpha value is -1.91. The van der Waals surface area contributed by atoms with Gasteiger partial charge in [-0.1, -0.05) is 63.2 Å². The van der Waals surface area contributed by atoms with Crippen LogP contribution in [0.2, 0.25) is 0 Å². The Bertz CT molecular complexity index is 765.